The van der Waals surface area contributed by atoms with E-state index < -0.39 is 0 Å². The Labute approximate surface area is 135 Å². The van der Waals surface area contributed by atoms with Gasteiger partial charge in [0.15, 0.2) is 5.96 Å². The molecule has 2 N–H and O–H groups in total. The molecule has 2 rings (SSSR count). The molecule has 0 saturated carbocycles. The zero-order valence-corrected chi connectivity index (χ0v) is 13.9. The van der Waals surface area contributed by atoms with E-state index in [4.69, 9.17) is 16.1 Å². The SMILES string of the molecule is CN=C(NCCc1c(C)noc1C)NCc1cccc(Cl)c1. The molecule has 0 fully saturated rings. The van der Waals surface area contributed by atoms with Gasteiger partial charge in [0.05, 0.1) is 5.69 Å². The second kappa shape index (κ2) is 7.84. The number of rotatable bonds is 5. The molecule has 118 valence electrons. The normalized spacial score (nSPS) is 11.5. The number of aromatic nitrogens is 1. The Balaban J connectivity index is 1.80. The fourth-order valence-corrected chi connectivity index (χ4v) is 2.43. The third kappa shape index (κ3) is 4.49. The summed E-state index contributed by atoms with van der Waals surface area (Å²) >= 11 is 5.98. The fourth-order valence-electron chi connectivity index (χ4n) is 2.22. The molecule has 0 bridgehead atoms. The monoisotopic (exact) mass is 320 g/mol. The number of hydrogen-bond acceptors (Lipinski definition) is 3. The van der Waals surface area contributed by atoms with Gasteiger partial charge in [-0.2, -0.15) is 0 Å². The van der Waals surface area contributed by atoms with Crippen molar-refractivity contribution < 1.29 is 4.52 Å². The van der Waals surface area contributed by atoms with Crippen molar-refractivity contribution >= 4 is 17.6 Å². The summed E-state index contributed by atoms with van der Waals surface area (Å²) in [6.07, 6.45) is 0.846. The molecule has 0 aliphatic rings. The Hall–Kier alpha value is -2.01. The lowest BCUT2D eigenvalue weighted by molar-refractivity contribution is 0.392. The fraction of sp³-hybridized carbons (Fsp3) is 0.375. The molecule has 0 aliphatic carbocycles. The summed E-state index contributed by atoms with van der Waals surface area (Å²) in [6, 6.07) is 7.76. The van der Waals surface area contributed by atoms with E-state index in [1.54, 1.807) is 7.05 Å². The third-order valence-corrected chi connectivity index (χ3v) is 3.66. The van der Waals surface area contributed by atoms with Crippen LogP contribution in [0.1, 0.15) is 22.6 Å². The molecule has 6 heteroatoms. The van der Waals surface area contributed by atoms with Crippen LogP contribution in [0, 0.1) is 13.8 Å². The van der Waals surface area contributed by atoms with Gasteiger partial charge in [0.2, 0.25) is 0 Å². The summed E-state index contributed by atoms with van der Waals surface area (Å²) < 4.78 is 5.16. The van der Waals surface area contributed by atoms with E-state index in [1.165, 1.54) is 0 Å². The van der Waals surface area contributed by atoms with Crippen molar-refractivity contribution in [1.29, 1.82) is 0 Å². The highest BCUT2D eigenvalue weighted by molar-refractivity contribution is 6.30. The first kappa shape index (κ1) is 16.4. The maximum atomic E-state index is 5.98. The van der Waals surface area contributed by atoms with Crippen LogP contribution in [0.2, 0.25) is 5.02 Å². The van der Waals surface area contributed by atoms with E-state index in [0.29, 0.717) is 6.54 Å². The summed E-state index contributed by atoms with van der Waals surface area (Å²) in [6.45, 7) is 5.32. The molecule has 0 saturated heterocycles. The van der Waals surface area contributed by atoms with Crippen molar-refractivity contribution in [3.8, 4) is 0 Å². The van der Waals surface area contributed by atoms with Crippen molar-refractivity contribution in [3.05, 3.63) is 51.9 Å². The largest absolute Gasteiger partial charge is 0.361 e. The van der Waals surface area contributed by atoms with Gasteiger partial charge in [-0.05, 0) is 38.0 Å². The molecule has 22 heavy (non-hydrogen) atoms. The summed E-state index contributed by atoms with van der Waals surface area (Å²) in [5.41, 5.74) is 3.21. The van der Waals surface area contributed by atoms with Crippen molar-refractivity contribution in [2.75, 3.05) is 13.6 Å². The topological polar surface area (TPSA) is 62.5 Å². The van der Waals surface area contributed by atoms with E-state index in [1.807, 2.05) is 38.1 Å². The van der Waals surface area contributed by atoms with Crippen molar-refractivity contribution in [3.63, 3.8) is 0 Å². The van der Waals surface area contributed by atoms with Crippen molar-refractivity contribution in [1.82, 2.24) is 15.8 Å². The second-order valence-electron chi connectivity index (χ2n) is 5.04. The smallest absolute Gasteiger partial charge is 0.191 e. The third-order valence-electron chi connectivity index (χ3n) is 3.42. The van der Waals surface area contributed by atoms with Gasteiger partial charge < -0.3 is 15.2 Å². The lowest BCUT2D eigenvalue weighted by atomic mass is 10.1. The van der Waals surface area contributed by atoms with Crippen LogP contribution in [-0.2, 0) is 13.0 Å². The Bertz CT molecular complexity index is 632. The summed E-state index contributed by atoms with van der Waals surface area (Å²) in [7, 11) is 1.75. The first-order valence-corrected chi connectivity index (χ1v) is 7.58. The molecule has 0 radical (unpaired) electrons. The number of nitrogens with zero attached hydrogens (tertiary/aromatic N) is 2. The molecule has 2 aromatic rings. The minimum absolute atomic E-state index is 0.672. The van der Waals surface area contributed by atoms with Gasteiger partial charge >= 0.3 is 0 Å². The highest BCUT2D eigenvalue weighted by Gasteiger charge is 2.08. The average Bonchev–Trinajstić information content (AvgIpc) is 2.82. The Morgan fingerprint density at radius 3 is 2.77 bits per heavy atom. The lowest BCUT2D eigenvalue weighted by Gasteiger charge is -2.12. The van der Waals surface area contributed by atoms with Gasteiger partial charge in [-0.25, -0.2) is 0 Å². The number of nitrogens with one attached hydrogen (secondary N) is 2. The standard InChI is InChI=1S/C16H21ClN4O/c1-11-15(12(2)22-21-11)7-8-19-16(18-3)20-10-13-5-4-6-14(17)9-13/h4-6,9H,7-8,10H2,1-3H3,(H2,18,19,20). The molecule has 1 aromatic carbocycles. The van der Waals surface area contributed by atoms with Crippen LogP contribution in [0.3, 0.4) is 0 Å². The maximum absolute atomic E-state index is 5.98. The minimum Gasteiger partial charge on any atom is -0.361 e. The zero-order chi connectivity index (χ0) is 15.9. The Morgan fingerprint density at radius 1 is 1.32 bits per heavy atom. The molecular weight excluding hydrogens is 300 g/mol. The number of aliphatic imine (C=N–C) groups is 1. The highest BCUT2D eigenvalue weighted by Crippen LogP contribution is 2.12. The summed E-state index contributed by atoms with van der Waals surface area (Å²) in [5.74, 6) is 1.63. The van der Waals surface area contributed by atoms with Crippen molar-refractivity contribution in [2.45, 2.75) is 26.8 Å². The second-order valence-corrected chi connectivity index (χ2v) is 5.47. The predicted octanol–water partition coefficient (Wildman–Crippen LogP) is 2.85. The van der Waals surface area contributed by atoms with Crippen LogP contribution >= 0.6 is 11.6 Å². The van der Waals surface area contributed by atoms with Crippen LogP contribution in [0.15, 0.2) is 33.8 Å². The van der Waals surface area contributed by atoms with Crippen LogP contribution < -0.4 is 10.6 Å². The van der Waals surface area contributed by atoms with Gasteiger partial charge in [-0.3, -0.25) is 4.99 Å². The molecule has 0 atom stereocenters. The number of guanidine groups is 1. The molecule has 0 spiro atoms. The summed E-state index contributed by atoms with van der Waals surface area (Å²) in [5, 5.41) is 11.2. The summed E-state index contributed by atoms with van der Waals surface area (Å²) in [4.78, 5) is 4.21. The quantitative estimate of drug-likeness (QED) is 0.657. The molecule has 1 aromatic heterocycles. The van der Waals surface area contributed by atoms with Crippen LogP contribution in [0.5, 0.6) is 0 Å². The zero-order valence-electron chi connectivity index (χ0n) is 13.1. The molecule has 1 heterocycles. The predicted molar refractivity (Wildman–Crippen MR) is 89.3 cm³/mol. The van der Waals surface area contributed by atoms with Gasteiger partial charge in [0.1, 0.15) is 5.76 Å². The molecular formula is C16H21ClN4O. The Morgan fingerprint density at radius 2 is 2.14 bits per heavy atom. The van der Waals surface area contributed by atoms with Gasteiger partial charge in [0, 0.05) is 30.7 Å². The number of hydrogen-bond donors (Lipinski definition) is 2. The van der Waals surface area contributed by atoms with Gasteiger partial charge in [0.25, 0.3) is 0 Å². The van der Waals surface area contributed by atoms with Crippen LogP contribution in [-0.4, -0.2) is 24.7 Å². The van der Waals surface area contributed by atoms with E-state index >= 15 is 0 Å². The van der Waals surface area contributed by atoms with E-state index in [0.717, 1.165) is 46.5 Å². The molecule has 0 amide bonds. The maximum Gasteiger partial charge on any atom is 0.191 e. The van der Waals surface area contributed by atoms with Gasteiger partial charge in [-0.1, -0.05) is 28.9 Å². The van der Waals surface area contributed by atoms with Crippen molar-refractivity contribution in [2.24, 2.45) is 4.99 Å². The van der Waals surface area contributed by atoms with Crippen LogP contribution in [0.25, 0.3) is 0 Å². The highest BCUT2D eigenvalue weighted by atomic mass is 35.5. The van der Waals surface area contributed by atoms with E-state index in [9.17, 15) is 0 Å². The van der Waals surface area contributed by atoms with E-state index in [2.05, 4.69) is 20.8 Å². The first-order chi connectivity index (χ1) is 10.6. The average molecular weight is 321 g/mol. The number of aryl methyl sites for hydroxylation is 2. The molecule has 0 aliphatic heterocycles. The van der Waals surface area contributed by atoms with E-state index in [-0.39, 0.29) is 0 Å². The Kier molecular flexibility index (Phi) is 5.83. The number of halogens is 1. The molecule has 0 unspecified atom stereocenters. The van der Waals surface area contributed by atoms with Crippen LogP contribution in [0.4, 0.5) is 0 Å². The number of benzene rings is 1. The lowest BCUT2D eigenvalue weighted by Crippen LogP contribution is -2.37. The first-order valence-electron chi connectivity index (χ1n) is 7.21. The van der Waals surface area contributed by atoms with Gasteiger partial charge in [-0.15, -0.1) is 0 Å². The molecule has 5 nitrogen and oxygen atoms in total. The minimum atomic E-state index is 0.672.